The minimum Gasteiger partial charge on any atom is -0.497 e. The molecule has 0 aliphatic carbocycles. The second-order valence-electron chi connectivity index (χ2n) is 7.10. The Bertz CT molecular complexity index is 982. The van der Waals surface area contributed by atoms with Gasteiger partial charge in [-0.15, -0.1) is 0 Å². The number of aromatic nitrogens is 1. The number of nitrogens with one attached hydrogen (secondary N) is 2. The van der Waals surface area contributed by atoms with Gasteiger partial charge in [0.15, 0.2) is 0 Å². The molecule has 0 aliphatic rings. The molecule has 0 radical (unpaired) electrons. The number of carbonyl (C=O) groups is 1. The van der Waals surface area contributed by atoms with E-state index in [9.17, 15) is 4.79 Å². The summed E-state index contributed by atoms with van der Waals surface area (Å²) in [5, 5.41) is 6.09. The van der Waals surface area contributed by atoms with Crippen molar-refractivity contribution in [1.29, 1.82) is 0 Å². The Labute approximate surface area is 177 Å². The van der Waals surface area contributed by atoms with Crippen LogP contribution in [-0.4, -0.2) is 24.0 Å². The molecule has 0 saturated carbocycles. The van der Waals surface area contributed by atoms with Crippen molar-refractivity contribution in [2.45, 2.75) is 26.3 Å². The molecule has 2 aromatic carbocycles. The summed E-state index contributed by atoms with van der Waals surface area (Å²) in [4.78, 5) is 21.3. The Hall–Kier alpha value is -3.67. The molecule has 3 aromatic rings. The maximum atomic E-state index is 12.7. The first-order chi connectivity index (χ1) is 14.5. The molecule has 6 nitrogen and oxygen atoms in total. The summed E-state index contributed by atoms with van der Waals surface area (Å²) in [6.45, 7) is 4.72. The molecule has 0 atom stereocenters. The Morgan fingerprint density at radius 3 is 2.27 bits per heavy atom. The number of pyridine rings is 1. The smallest absolute Gasteiger partial charge is 0.257 e. The number of benzene rings is 2. The zero-order valence-electron chi connectivity index (χ0n) is 17.4. The summed E-state index contributed by atoms with van der Waals surface area (Å²) in [6.07, 6.45) is 3.44. The van der Waals surface area contributed by atoms with Crippen LogP contribution in [0.1, 0.15) is 41.3 Å². The number of aliphatic imine (C=N–C) groups is 1. The van der Waals surface area contributed by atoms with Crippen LogP contribution in [0.2, 0.25) is 0 Å². The van der Waals surface area contributed by atoms with Gasteiger partial charge in [0.2, 0.25) is 5.96 Å². The SMILES string of the molecule is COc1ccc(C(=O)NC(=NCc2ccncc2)Nc2ccc(C(C)C)cc2)cc1. The lowest BCUT2D eigenvalue weighted by Crippen LogP contribution is -2.36. The first-order valence-corrected chi connectivity index (χ1v) is 9.81. The summed E-state index contributed by atoms with van der Waals surface area (Å²) in [7, 11) is 1.59. The summed E-state index contributed by atoms with van der Waals surface area (Å²) in [6, 6.07) is 18.8. The van der Waals surface area contributed by atoms with Gasteiger partial charge < -0.3 is 10.1 Å². The number of anilines is 1. The number of ether oxygens (including phenoxy) is 1. The van der Waals surface area contributed by atoms with E-state index in [4.69, 9.17) is 4.74 Å². The lowest BCUT2D eigenvalue weighted by molar-refractivity contribution is 0.0977. The Kier molecular flexibility index (Phi) is 7.16. The van der Waals surface area contributed by atoms with Crippen LogP contribution in [0.4, 0.5) is 5.69 Å². The second-order valence-corrected chi connectivity index (χ2v) is 7.10. The number of hydrogen-bond acceptors (Lipinski definition) is 4. The molecule has 30 heavy (non-hydrogen) atoms. The number of carbonyl (C=O) groups excluding carboxylic acids is 1. The average molecular weight is 402 g/mol. The minimum atomic E-state index is -0.252. The number of amides is 1. The number of rotatable bonds is 6. The Morgan fingerprint density at radius 2 is 1.67 bits per heavy atom. The van der Waals surface area contributed by atoms with E-state index in [2.05, 4.69) is 46.6 Å². The van der Waals surface area contributed by atoms with E-state index < -0.39 is 0 Å². The van der Waals surface area contributed by atoms with E-state index in [1.165, 1.54) is 5.56 Å². The molecule has 0 fully saturated rings. The molecule has 154 valence electrons. The van der Waals surface area contributed by atoms with Crippen molar-refractivity contribution in [3.8, 4) is 5.75 Å². The number of methoxy groups -OCH3 is 1. The Morgan fingerprint density at radius 1 is 1.00 bits per heavy atom. The van der Waals surface area contributed by atoms with Crippen molar-refractivity contribution in [3.05, 3.63) is 89.7 Å². The molecule has 0 aliphatic heterocycles. The quantitative estimate of drug-likeness (QED) is 0.466. The van der Waals surface area contributed by atoms with Crippen LogP contribution in [0.25, 0.3) is 0 Å². The normalized spacial score (nSPS) is 11.3. The third kappa shape index (κ3) is 5.91. The first-order valence-electron chi connectivity index (χ1n) is 9.81. The molecule has 0 unspecified atom stereocenters. The van der Waals surface area contributed by atoms with Crippen LogP contribution in [0.3, 0.4) is 0 Å². The molecule has 1 amide bonds. The predicted molar refractivity (Wildman–Crippen MR) is 120 cm³/mol. The van der Waals surface area contributed by atoms with Gasteiger partial charge in [0.05, 0.1) is 13.7 Å². The molecule has 0 spiro atoms. The van der Waals surface area contributed by atoms with Crippen LogP contribution in [0.5, 0.6) is 5.75 Å². The number of guanidine groups is 1. The Balaban J connectivity index is 1.78. The number of hydrogen-bond donors (Lipinski definition) is 2. The summed E-state index contributed by atoms with van der Waals surface area (Å²) >= 11 is 0. The van der Waals surface area contributed by atoms with E-state index in [1.807, 2.05) is 24.3 Å². The zero-order valence-corrected chi connectivity index (χ0v) is 17.4. The van der Waals surface area contributed by atoms with Gasteiger partial charge in [0.1, 0.15) is 5.75 Å². The summed E-state index contributed by atoms with van der Waals surface area (Å²) in [5.41, 5.74) is 3.61. The largest absolute Gasteiger partial charge is 0.497 e. The molecule has 0 saturated heterocycles. The average Bonchev–Trinajstić information content (AvgIpc) is 2.78. The van der Waals surface area contributed by atoms with Gasteiger partial charge >= 0.3 is 0 Å². The lowest BCUT2D eigenvalue weighted by atomic mass is 10.0. The van der Waals surface area contributed by atoms with E-state index >= 15 is 0 Å². The van der Waals surface area contributed by atoms with Crippen LogP contribution in [-0.2, 0) is 6.54 Å². The summed E-state index contributed by atoms with van der Waals surface area (Å²) < 4.78 is 5.15. The zero-order chi connectivity index (χ0) is 21.3. The number of nitrogens with zero attached hydrogens (tertiary/aromatic N) is 2. The van der Waals surface area contributed by atoms with Gasteiger partial charge in [0, 0.05) is 23.6 Å². The summed E-state index contributed by atoms with van der Waals surface area (Å²) in [5.74, 6) is 1.28. The molecular weight excluding hydrogens is 376 g/mol. The monoisotopic (exact) mass is 402 g/mol. The van der Waals surface area contributed by atoms with Crippen molar-refractivity contribution in [2.75, 3.05) is 12.4 Å². The first kappa shape index (κ1) is 21.0. The molecule has 2 N–H and O–H groups in total. The maximum absolute atomic E-state index is 12.7. The van der Waals surface area contributed by atoms with Gasteiger partial charge in [-0.3, -0.25) is 15.1 Å². The fourth-order valence-electron chi connectivity index (χ4n) is 2.78. The van der Waals surface area contributed by atoms with Crippen LogP contribution < -0.4 is 15.4 Å². The van der Waals surface area contributed by atoms with Crippen molar-refractivity contribution >= 4 is 17.6 Å². The van der Waals surface area contributed by atoms with Crippen LogP contribution in [0.15, 0.2) is 78.0 Å². The second kappa shape index (κ2) is 10.2. The fraction of sp³-hybridized carbons (Fsp3) is 0.208. The molecule has 1 heterocycles. The highest BCUT2D eigenvalue weighted by atomic mass is 16.5. The van der Waals surface area contributed by atoms with Crippen molar-refractivity contribution in [3.63, 3.8) is 0 Å². The fourth-order valence-corrected chi connectivity index (χ4v) is 2.78. The third-order valence-electron chi connectivity index (χ3n) is 4.59. The van der Waals surface area contributed by atoms with Crippen LogP contribution >= 0.6 is 0 Å². The van der Waals surface area contributed by atoms with Crippen LogP contribution in [0, 0.1) is 0 Å². The van der Waals surface area contributed by atoms with Gasteiger partial charge in [-0.25, -0.2) is 4.99 Å². The highest BCUT2D eigenvalue weighted by molar-refractivity contribution is 6.10. The topological polar surface area (TPSA) is 75.6 Å². The molecule has 6 heteroatoms. The van der Waals surface area contributed by atoms with E-state index in [-0.39, 0.29) is 5.91 Å². The van der Waals surface area contributed by atoms with Gasteiger partial charge in [-0.2, -0.15) is 0 Å². The molecule has 0 bridgehead atoms. The maximum Gasteiger partial charge on any atom is 0.257 e. The standard InChI is InChI=1S/C24H26N4O2/c1-17(2)19-4-8-21(9-5-19)27-24(26-16-18-12-14-25-15-13-18)28-23(29)20-6-10-22(30-3)11-7-20/h4-15,17H,16H2,1-3H3,(H2,26,27,28,29). The molecular formula is C24H26N4O2. The highest BCUT2D eigenvalue weighted by Crippen LogP contribution is 2.17. The third-order valence-corrected chi connectivity index (χ3v) is 4.59. The molecule has 3 rings (SSSR count). The lowest BCUT2D eigenvalue weighted by Gasteiger charge is -2.13. The van der Waals surface area contributed by atoms with E-state index in [1.54, 1.807) is 43.8 Å². The van der Waals surface area contributed by atoms with Gasteiger partial charge in [0.25, 0.3) is 5.91 Å². The highest BCUT2D eigenvalue weighted by Gasteiger charge is 2.10. The van der Waals surface area contributed by atoms with E-state index in [0.717, 1.165) is 11.3 Å². The van der Waals surface area contributed by atoms with Gasteiger partial charge in [-0.1, -0.05) is 26.0 Å². The van der Waals surface area contributed by atoms with Crippen molar-refractivity contribution in [2.24, 2.45) is 4.99 Å². The molecule has 1 aromatic heterocycles. The van der Waals surface area contributed by atoms with Gasteiger partial charge in [-0.05, 0) is 65.6 Å². The minimum absolute atomic E-state index is 0.252. The predicted octanol–water partition coefficient (Wildman–Crippen LogP) is 4.61. The van der Waals surface area contributed by atoms with Crippen molar-refractivity contribution < 1.29 is 9.53 Å². The van der Waals surface area contributed by atoms with Crippen molar-refractivity contribution in [1.82, 2.24) is 10.3 Å². The van der Waals surface area contributed by atoms with E-state index in [0.29, 0.717) is 29.7 Å².